The van der Waals surface area contributed by atoms with Crippen LogP contribution in [-0.2, 0) is 26.1 Å². The Morgan fingerprint density at radius 1 is 0.775 bits per heavy atom. The fourth-order valence-electron chi connectivity index (χ4n) is 5.85. The van der Waals surface area contributed by atoms with Gasteiger partial charge in [-0.25, -0.2) is 16.8 Å². The molecule has 0 aromatic heterocycles. The third-order valence-corrected chi connectivity index (χ3v) is 13.4. The van der Waals surface area contributed by atoms with Gasteiger partial charge in [0, 0.05) is 6.42 Å². The fourth-order valence-corrected chi connectivity index (χ4v) is 11.1. The number of rotatable bonds is 10. The maximum Gasteiger partial charge on any atom is 0.192 e. The minimum atomic E-state index is -3.99. The molecule has 4 rings (SSSR count). The zero-order valence-corrected chi connectivity index (χ0v) is 25.2. The van der Waals surface area contributed by atoms with E-state index < -0.39 is 40.0 Å². The smallest absolute Gasteiger partial charge is 0.192 e. The Hall–Kier alpha value is -2.58. The van der Waals surface area contributed by atoms with Crippen LogP contribution in [0.1, 0.15) is 94.7 Å². The molecule has 2 aliphatic carbocycles. The van der Waals surface area contributed by atoms with Crippen molar-refractivity contribution in [1.29, 1.82) is 0 Å². The molecule has 0 aliphatic heterocycles. The average Bonchev–Trinajstić information content (AvgIpc) is 2.94. The molecular formula is C32H42O6S2. The van der Waals surface area contributed by atoms with Crippen LogP contribution in [0.4, 0.5) is 0 Å². The maximum absolute atomic E-state index is 13.8. The highest BCUT2D eigenvalue weighted by molar-refractivity contribution is 8.15. The topological polar surface area (TPSA) is 97.7 Å². The number of aliphatic hydroxyl groups is 1. The van der Waals surface area contributed by atoms with E-state index in [0.29, 0.717) is 43.4 Å². The van der Waals surface area contributed by atoms with Crippen LogP contribution in [0.3, 0.4) is 0 Å². The van der Waals surface area contributed by atoms with Gasteiger partial charge in [-0.2, -0.15) is 0 Å². The first-order chi connectivity index (χ1) is 19.0. The summed E-state index contributed by atoms with van der Waals surface area (Å²) in [6.07, 6.45) is 12.0. The van der Waals surface area contributed by atoms with Crippen LogP contribution in [0.25, 0.3) is 12.2 Å². The van der Waals surface area contributed by atoms with Crippen LogP contribution in [0, 0.1) is 0 Å². The summed E-state index contributed by atoms with van der Waals surface area (Å²) in [6, 6.07) is 14.8. The van der Waals surface area contributed by atoms with Crippen molar-refractivity contribution in [3.8, 4) is 5.75 Å². The lowest BCUT2D eigenvalue weighted by Gasteiger charge is -2.27. The minimum absolute atomic E-state index is 0.396. The van der Waals surface area contributed by atoms with Crippen molar-refractivity contribution in [2.75, 3.05) is 0 Å². The van der Waals surface area contributed by atoms with Gasteiger partial charge < -0.3 is 9.84 Å². The Morgan fingerprint density at radius 2 is 1.25 bits per heavy atom. The van der Waals surface area contributed by atoms with E-state index in [1.165, 1.54) is 6.08 Å². The van der Waals surface area contributed by atoms with Crippen molar-refractivity contribution >= 4 is 31.8 Å². The first kappa shape index (κ1) is 30.4. The van der Waals surface area contributed by atoms with E-state index in [9.17, 15) is 16.8 Å². The number of hydrogen-bond acceptors (Lipinski definition) is 6. The van der Waals surface area contributed by atoms with Crippen molar-refractivity contribution in [2.24, 2.45) is 0 Å². The van der Waals surface area contributed by atoms with Crippen LogP contribution in [0.5, 0.6) is 5.75 Å². The standard InChI is InChI=1S/C32H42O6S2/c1-32(2,24-27-15-13-25(14-16-27)21-22-33)38-28-19-17-26(18-20-28)23-31(39(34,35)29-9-5-3-6-10-29)40(36,37)30-11-7-4-8-12-30/h13-23,29-30,33H,3-12,24H2,1-2H3. The molecule has 0 radical (unpaired) electrons. The van der Waals surface area contributed by atoms with Crippen LogP contribution in [-0.4, -0.2) is 38.0 Å². The predicted molar refractivity (Wildman–Crippen MR) is 163 cm³/mol. The molecule has 2 aliphatic rings. The Labute approximate surface area is 240 Å². The second-order valence-corrected chi connectivity index (χ2v) is 16.4. The summed E-state index contributed by atoms with van der Waals surface area (Å²) in [4.78, 5) is 0. The second kappa shape index (κ2) is 12.9. The van der Waals surface area contributed by atoms with Gasteiger partial charge in [0.1, 0.15) is 11.4 Å². The third-order valence-electron chi connectivity index (χ3n) is 7.98. The molecule has 6 nitrogen and oxygen atoms in total. The van der Waals surface area contributed by atoms with Crippen LogP contribution in [0.15, 0.2) is 59.0 Å². The molecule has 2 aromatic carbocycles. The highest BCUT2D eigenvalue weighted by atomic mass is 32.3. The van der Waals surface area contributed by atoms with Crippen LogP contribution in [0.2, 0.25) is 0 Å². The first-order valence-electron chi connectivity index (χ1n) is 14.4. The molecule has 0 spiro atoms. The zero-order valence-electron chi connectivity index (χ0n) is 23.6. The maximum atomic E-state index is 13.8. The SMILES string of the molecule is CC(C)(Cc1ccc(C=CO)cc1)Oc1ccc(C=C(S(=O)(=O)C2CCCCC2)S(=O)(=O)C2CCCCC2)cc1. The molecule has 0 bridgehead atoms. The molecule has 2 saturated carbocycles. The predicted octanol–water partition coefficient (Wildman–Crippen LogP) is 7.41. The Balaban J connectivity index is 1.57. The second-order valence-electron chi connectivity index (χ2n) is 11.7. The molecule has 218 valence electrons. The van der Waals surface area contributed by atoms with Gasteiger partial charge in [-0.3, -0.25) is 0 Å². The number of hydrogen-bond donors (Lipinski definition) is 1. The minimum Gasteiger partial charge on any atom is -0.516 e. The summed E-state index contributed by atoms with van der Waals surface area (Å²) in [6.45, 7) is 3.99. The van der Waals surface area contributed by atoms with Crippen molar-refractivity contribution in [3.63, 3.8) is 0 Å². The van der Waals surface area contributed by atoms with Gasteiger partial charge in [-0.1, -0.05) is 74.9 Å². The Bertz CT molecular complexity index is 1340. The highest BCUT2D eigenvalue weighted by Crippen LogP contribution is 2.36. The normalized spacial score (nSPS) is 18.1. The molecule has 0 atom stereocenters. The van der Waals surface area contributed by atoms with E-state index in [4.69, 9.17) is 9.84 Å². The lowest BCUT2D eigenvalue weighted by atomic mass is 9.97. The van der Waals surface area contributed by atoms with Crippen molar-refractivity contribution in [1.82, 2.24) is 0 Å². The first-order valence-corrected chi connectivity index (χ1v) is 17.5. The molecule has 2 fully saturated rings. The number of benzene rings is 2. The summed E-state index contributed by atoms with van der Waals surface area (Å²) in [5.41, 5.74) is 2.01. The van der Waals surface area contributed by atoms with E-state index in [-0.39, 0.29) is 0 Å². The quantitative estimate of drug-likeness (QED) is 0.291. The molecule has 0 saturated heterocycles. The largest absolute Gasteiger partial charge is 0.516 e. The van der Waals surface area contributed by atoms with E-state index in [2.05, 4.69) is 0 Å². The number of ether oxygens (including phenoxy) is 1. The van der Waals surface area contributed by atoms with E-state index in [1.54, 1.807) is 30.3 Å². The Kier molecular flexibility index (Phi) is 9.83. The van der Waals surface area contributed by atoms with Gasteiger partial charge in [-0.15, -0.1) is 0 Å². The molecule has 0 unspecified atom stereocenters. The molecule has 0 heterocycles. The van der Waals surface area contributed by atoms with Gasteiger partial charge in [0.05, 0.1) is 16.8 Å². The van der Waals surface area contributed by atoms with Crippen LogP contribution < -0.4 is 4.74 Å². The molecule has 8 heteroatoms. The molecule has 1 N–H and O–H groups in total. The van der Waals surface area contributed by atoms with Gasteiger partial charge in [0.25, 0.3) is 0 Å². The lowest BCUT2D eigenvalue weighted by Crippen LogP contribution is -2.33. The monoisotopic (exact) mass is 586 g/mol. The summed E-state index contributed by atoms with van der Waals surface area (Å²) in [5.74, 6) is 0.619. The summed E-state index contributed by atoms with van der Waals surface area (Å²) in [5, 5.41) is 7.67. The number of aliphatic hydroxyl groups excluding tert-OH is 1. The molecule has 0 amide bonds. The lowest BCUT2D eigenvalue weighted by molar-refractivity contribution is 0.110. The van der Waals surface area contributed by atoms with Crippen molar-refractivity contribution < 1.29 is 26.7 Å². The van der Waals surface area contributed by atoms with Gasteiger partial charge in [-0.05, 0) is 80.5 Å². The summed E-state index contributed by atoms with van der Waals surface area (Å²) >= 11 is 0. The average molecular weight is 587 g/mol. The van der Waals surface area contributed by atoms with Gasteiger partial charge >= 0.3 is 0 Å². The van der Waals surface area contributed by atoms with Gasteiger partial charge in [0.15, 0.2) is 23.9 Å². The summed E-state index contributed by atoms with van der Waals surface area (Å²) < 4.78 is 61.0. The summed E-state index contributed by atoms with van der Waals surface area (Å²) in [7, 11) is -7.97. The highest BCUT2D eigenvalue weighted by Gasteiger charge is 2.41. The van der Waals surface area contributed by atoms with Crippen LogP contribution >= 0.6 is 0 Å². The van der Waals surface area contributed by atoms with Gasteiger partial charge in [0.2, 0.25) is 0 Å². The molecule has 40 heavy (non-hydrogen) atoms. The number of sulfone groups is 2. The third kappa shape index (κ3) is 7.58. The molecule has 2 aromatic rings. The van der Waals surface area contributed by atoms with Crippen molar-refractivity contribution in [3.05, 3.63) is 75.7 Å². The molecular weight excluding hydrogens is 544 g/mol. The Morgan fingerprint density at radius 3 is 1.73 bits per heavy atom. The van der Waals surface area contributed by atoms with E-state index in [1.807, 2.05) is 38.1 Å². The van der Waals surface area contributed by atoms with E-state index in [0.717, 1.165) is 55.9 Å². The van der Waals surface area contributed by atoms with Crippen molar-refractivity contribution in [2.45, 2.75) is 101 Å². The fraction of sp³-hybridized carbons (Fsp3) is 0.500. The zero-order chi connectivity index (χ0) is 28.8. The van der Waals surface area contributed by atoms with E-state index >= 15 is 0 Å².